The third-order valence-corrected chi connectivity index (χ3v) is 3.70. The van der Waals surface area contributed by atoms with Gasteiger partial charge in [-0.15, -0.1) is 0 Å². The van der Waals surface area contributed by atoms with E-state index in [4.69, 9.17) is 0 Å². The van der Waals surface area contributed by atoms with Crippen LogP contribution in [0, 0.1) is 0 Å². The summed E-state index contributed by atoms with van der Waals surface area (Å²) in [5.41, 5.74) is 2.84. The SMILES string of the molecule is CNC(C(=O)O)c1ccc2c3cnccc3n(C)c2c1. The van der Waals surface area contributed by atoms with Gasteiger partial charge in [-0.25, -0.2) is 0 Å². The smallest absolute Gasteiger partial charge is 0.325 e. The first-order valence-corrected chi connectivity index (χ1v) is 6.35. The number of hydrogen-bond acceptors (Lipinski definition) is 3. The quantitative estimate of drug-likeness (QED) is 0.764. The van der Waals surface area contributed by atoms with Crippen LogP contribution in [0.1, 0.15) is 11.6 Å². The summed E-state index contributed by atoms with van der Waals surface area (Å²) in [7, 11) is 3.62. The van der Waals surface area contributed by atoms with E-state index in [1.165, 1.54) is 0 Å². The van der Waals surface area contributed by atoms with Crippen molar-refractivity contribution in [2.24, 2.45) is 7.05 Å². The number of aliphatic carboxylic acids is 1. The number of carbonyl (C=O) groups is 1. The van der Waals surface area contributed by atoms with Crippen molar-refractivity contribution in [2.45, 2.75) is 6.04 Å². The molecule has 0 bridgehead atoms. The Morgan fingerprint density at radius 2 is 2.10 bits per heavy atom. The zero-order chi connectivity index (χ0) is 14.3. The molecule has 0 radical (unpaired) electrons. The van der Waals surface area contributed by atoms with E-state index >= 15 is 0 Å². The molecule has 3 rings (SSSR count). The van der Waals surface area contributed by atoms with Crippen LogP contribution >= 0.6 is 0 Å². The van der Waals surface area contributed by atoms with E-state index in [2.05, 4.69) is 14.9 Å². The second kappa shape index (κ2) is 4.61. The average molecular weight is 269 g/mol. The summed E-state index contributed by atoms with van der Waals surface area (Å²) in [6.45, 7) is 0. The molecule has 0 spiro atoms. The first-order chi connectivity index (χ1) is 9.63. The molecule has 0 aliphatic carbocycles. The highest BCUT2D eigenvalue weighted by molar-refractivity contribution is 6.07. The Morgan fingerprint density at radius 3 is 2.80 bits per heavy atom. The standard InChI is InChI=1S/C15H15N3O2/c1-16-14(15(19)20)9-3-4-10-11-8-17-6-5-12(11)18(2)13(10)7-9/h3-8,14,16H,1-2H3,(H,19,20). The predicted octanol–water partition coefficient (Wildman–Crippen LogP) is 2.07. The Morgan fingerprint density at radius 1 is 1.30 bits per heavy atom. The summed E-state index contributed by atoms with van der Waals surface area (Å²) in [5, 5.41) is 14.2. The number of pyridine rings is 1. The van der Waals surface area contributed by atoms with Crippen molar-refractivity contribution in [1.82, 2.24) is 14.9 Å². The Kier molecular flexibility index (Phi) is 2.91. The van der Waals surface area contributed by atoms with Crippen molar-refractivity contribution in [3.05, 3.63) is 42.2 Å². The lowest BCUT2D eigenvalue weighted by Gasteiger charge is -2.11. The number of rotatable bonds is 3. The average Bonchev–Trinajstić information content (AvgIpc) is 2.73. The molecule has 2 heterocycles. The molecule has 5 heteroatoms. The minimum absolute atomic E-state index is 0.699. The molecule has 0 saturated carbocycles. The summed E-state index contributed by atoms with van der Waals surface area (Å²) in [5.74, 6) is -0.882. The van der Waals surface area contributed by atoms with Crippen molar-refractivity contribution in [1.29, 1.82) is 0 Å². The molecule has 1 atom stereocenters. The van der Waals surface area contributed by atoms with E-state index in [1.807, 2.05) is 37.5 Å². The number of carboxylic acid groups (broad SMARTS) is 1. The van der Waals surface area contributed by atoms with Gasteiger partial charge in [0.05, 0.1) is 5.52 Å². The highest BCUT2D eigenvalue weighted by atomic mass is 16.4. The number of benzene rings is 1. The molecule has 20 heavy (non-hydrogen) atoms. The third-order valence-electron chi connectivity index (χ3n) is 3.70. The van der Waals surface area contributed by atoms with Crippen LogP contribution in [0.2, 0.25) is 0 Å². The molecule has 3 aromatic rings. The molecule has 0 amide bonds. The van der Waals surface area contributed by atoms with Crippen molar-refractivity contribution < 1.29 is 9.90 Å². The van der Waals surface area contributed by atoms with Gasteiger partial charge in [-0.1, -0.05) is 12.1 Å². The number of carboxylic acids is 1. The largest absolute Gasteiger partial charge is 0.480 e. The van der Waals surface area contributed by atoms with Crippen LogP contribution in [-0.4, -0.2) is 27.7 Å². The molecule has 2 aromatic heterocycles. The van der Waals surface area contributed by atoms with Gasteiger partial charge in [-0.2, -0.15) is 0 Å². The second-order valence-electron chi connectivity index (χ2n) is 4.79. The fraction of sp³-hybridized carbons (Fsp3) is 0.200. The monoisotopic (exact) mass is 269 g/mol. The van der Waals surface area contributed by atoms with Gasteiger partial charge in [0.2, 0.25) is 0 Å². The molecule has 0 aliphatic heterocycles. The van der Waals surface area contributed by atoms with E-state index in [0.717, 1.165) is 27.4 Å². The zero-order valence-corrected chi connectivity index (χ0v) is 11.3. The van der Waals surface area contributed by atoms with Gasteiger partial charge in [0.15, 0.2) is 0 Å². The van der Waals surface area contributed by atoms with Crippen LogP contribution in [-0.2, 0) is 11.8 Å². The lowest BCUT2D eigenvalue weighted by atomic mass is 10.0. The number of aromatic nitrogens is 2. The Hall–Kier alpha value is -2.40. The van der Waals surface area contributed by atoms with Crippen molar-refractivity contribution in [3.63, 3.8) is 0 Å². The van der Waals surface area contributed by atoms with E-state index in [1.54, 1.807) is 13.2 Å². The van der Waals surface area contributed by atoms with Crippen molar-refractivity contribution in [3.8, 4) is 0 Å². The maximum absolute atomic E-state index is 11.2. The minimum atomic E-state index is -0.882. The van der Waals surface area contributed by atoms with E-state index < -0.39 is 12.0 Å². The van der Waals surface area contributed by atoms with Gasteiger partial charge in [-0.05, 0) is 24.7 Å². The molecule has 0 fully saturated rings. The number of aryl methyl sites for hydroxylation is 1. The molecular weight excluding hydrogens is 254 g/mol. The lowest BCUT2D eigenvalue weighted by Crippen LogP contribution is -2.24. The van der Waals surface area contributed by atoms with Crippen LogP contribution in [0.15, 0.2) is 36.7 Å². The van der Waals surface area contributed by atoms with Gasteiger partial charge in [0.25, 0.3) is 0 Å². The van der Waals surface area contributed by atoms with Gasteiger partial charge in [0.1, 0.15) is 6.04 Å². The summed E-state index contributed by atoms with van der Waals surface area (Å²) in [6, 6.07) is 6.99. The van der Waals surface area contributed by atoms with Crippen LogP contribution in [0.3, 0.4) is 0 Å². The second-order valence-corrected chi connectivity index (χ2v) is 4.79. The van der Waals surface area contributed by atoms with E-state index in [9.17, 15) is 9.90 Å². The van der Waals surface area contributed by atoms with Crippen molar-refractivity contribution >= 4 is 27.8 Å². The van der Waals surface area contributed by atoms with E-state index in [-0.39, 0.29) is 0 Å². The lowest BCUT2D eigenvalue weighted by molar-refractivity contribution is -0.139. The molecule has 5 nitrogen and oxygen atoms in total. The first kappa shape index (κ1) is 12.6. The van der Waals surface area contributed by atoms with Crippen LogP contribution < -0.4 is 5.32 Å². The minimum Gasteiger partial charge on any atom is -0.480 e. The zero-order valence-electron chi connectivity index (χ0n) is 11.3. The number of fused-ring (bicyclic) bond motifs is 3. The number of likely N-dealkylation sites (N-methyl/N-ethyl adjacent to an activating group) is 1. The molecule has 0 aliphatic rings. The first-order valence-electron chi connectivity index (χ1n) is 6.35. The van der Waals surface area contributed by atoms with E-state index in [0.29, 0.717) is 0 Å². The topological polar surface area (TPSA) is 67.2 Å². The molecule has 102 valence electrons. The highest BCUT2D eigenvalue weighted by Gasteiger charge is 2.18. The fourth-order valence-electron chi connectivity index (χ4n) is 2.68. The fourth-order valence-corrected chi connectivity index (χ4v) is 2.68. The third kappa shape index (κ3) is 1.75. The molecule has 1 unspecified atom stereocenters. The predicted molar refractivity (Wildman–Crippen MR) is 77.7 cm³/mol. The van der Waals surface area contributed by atoms with Gasteiger partial charge >= 0.3 is 5.97 Å². The summed E-state index contributed by atoms with van der Waals surface area (Å²) >= 11 is 0. The maximum Gasteiger partial charge on any atom is 0.325 e. The van der Waals surface area contributed by atoms with Crippen LogP contribution in [0.5, 0.6) is 0 Å². The summed E-state index contributed by atoms with van der Waals surface area (Å²) in [6.07, 6.45) is 3.60. The van der Waals surface area contributed by atoms with Crippen molar-refractivity contribution in [2.75, 3.05) is 7.05 Å². The maximum atomic E-state index is 11.2. The van der Waals surface area contributed by atoms with Crippen LogP contribution in [0.25, 0.3) is 21.8 Å². The Balaban J connectivity index is 2.28. The number of nitrogens with zero attached hydrogens (tertiary/aromatic N) is 2. The highest BCUT2D eigenvalue weighted by Crippen LogP contribution is 2.29. The summed E-state index contributed by atoms with van der Waals surface area (Å²) in [4.78, 5) is 15.4. The van der Waals surface area contributed by atoms with Gasteiger partial charge < -0.3 is 15.0 Å². The summed E-state index contributed by atoms with van der Waals surface area (Å²) < 4.78 is 2.06. The van der Waals surface area contributed by atoms with Gasteiger partial charge in [-0.3, -0.25) is 9.78 Å². The Labute approximate surface area is 115 Å². The number of hydrogen-bond donors (Lipinski definition) is 2. The molecule has 1 aromatic carbocycles. The van der Waals surface area contributed by atoms with Crippen LogP contribution in [0.4, 0.5) is 0 Å². The number of nitrogens with one attached hydrogen (secondary N) is 1. The Bertz CT molecular complexity index is 807. The normalized spacial score (nSPS) is 12.9. The molecular formula is C15H15N3O2. The molecule has 0 saturated heterocycles. The molecule has 2 N–H and O–H groups in total. The van der Waals surface area contributed by atoms with Gasteiger partial charge in [0, 0.05) is 35.7 Å².